The Morgan fingerprint density at radius 1 is 1.69 bits per heavy atom. The summed E-state index contributed by atoms with van der Waals surface area (Å²) in [4.78, 5) is 4.08. The van der Waals surface area contributed by atoms with Crippen LogP contribution < -0.4 is 5.32 Å². The molecule has 1 aromatic heterocycles. The number of halogens is 1. The zero-order chi connectivity index (χ0) is 11.6. The van der Waals surface area contributed by atoms with E-state index in [-0.39, 0.29) is 0 Å². The van der Waals surface area contributed by atoms with Gasteiger partial charge in [-0.3, -0.25) is 0 Å². The maximum absolute atomic E-state index is 10.4. The van der Waals surface area contributed by atoms with E-state index in [0.29, 0.717) is 18.1 Å². The minimum Gasteiger partial charge on any atom is -0.388 e. The van der Waals surface area contributed by atoms with Crippen LogP contribution >= 0.6 is 11.6 Å². The zero-order valence-electron chi connectivity index (χ0n) is 9.54. The van der Waals surface area contributed by atoms with E-state index in [4.69, 9.17) is 11.6 Å². The summed E-state index contributed by atoms with van der Waals surface area (Å²) in [6, 6.07) is 0. The Labute approximate surface area is 101 Å². The number of piperidine rings is 1. The van der Waals surface area contributed by atoms with E-state index in [2.05, 4.69) is 10.3 Å². The molecule has 0 radical (unpaired) electrons. The third-order valence-corrected chi connectivity index (χ3v) is 3.50. The molecule has 2 N–H and O–H groups in total. The van der Waals surface area contributed by atoms with Crippen LogP contribution in [0.4, 0.5) is 0 Å². The summed E-state index contributed by atoms with van der Waals surface area (Å²) in [7, 11) is 0. The number of hydrogen-bond acceptors (Lipinski definition) is 3. The van der Waals surface area contributed by atoms with Crippen LogP contribution in [0.15, 0.2) is 6.33 Å². The van der Waals surface area contributed by atoms with Crippen molar-refractivity contribution in [3.05, 3.63) is 17.2 Å². The first-order valence-electron chi connectivity index (χ1n) is 5.77. The Morgan fingerprint density at radius 2 is 2.50 bits per heavy atom. The Kier molecular flexibility index (Phi) is 3.52. The smallest absolute Gasteiger partial charge is 0.150 e. The summed E-state index contributed by atoms with van der Waals surface area (Å²) < 4.78 is 1.99. The van der Waals surface area contributed by atoms with Gasteiger partial charge in [-0.05, 0) is 26.3 Å². The highest BCUT2D eigenvalue weighted by Crippen LogP contribution is 2.25. The average Bonchev–Trinajstić information content (AvgIpc) is 2.61. The third-order valence-electron chi connectivity index (χ3n) is 3.18. The summed E-state index contributed by atoms with van der Waals surface area (Å²) in [5.41, 5.74) is 0.268. The molecule has 0 aromatic carbocycles. The number of imidazole rings is 1. The highest BCUT2D eigenvalue weighted by atomic mass is 35.5. The van der Waals surface area contributed by atoms with Crippen LogP contribution in [-0.4, -0.2) is 33.3 Å². The first-order chi connectivity index (χ1) is 7.64. The van der Waals surface area contributed by atoms with Crippen LogP contribution in [0, 0.1) is 0 Å². The minimum atomic E-state index is -0.672. The molecule has 0 spiro atoms. The van der Waals surface area contributed by atoms with Gasteiger partial charge in [0.1, 0.15) is 5.15 Å². The van der Waals surface area contributed by atoms with E-state index < -0.39 is 5.60 Å². The Balaban J connectivity index is 2.15. The molecule has 0 bridgehead atoms. The lowest BCUT2D eigenvalue weighted by Crippen LogP contribution is -2.47. The van der Waals surface area contributed by atoms with Gasteiger partial charge in [0.2, 0.25) is 0 Å². The summed E-state index contributed by atoms with van der Waals surface area (Å²) in [6.07, 6.45) is 4.14. The van der Waals surface area contributed by atoms with Crippen LogP contribution in [0.5, 0.6) is 0 Å². The summed E-state index contributed by atoms with van der Waals surface area (Å²) >= 11 is 6.04. The molecular weight excluding hydrogens is 226 g/mol. The predicted molar refractivity (Wildman–Crippen MR) is 63.7 cm³/mol. The summed E-state index contributed by atoms with van der Waals surface area (Å²) in [5.74, 6) is 0. The SMILES string of the molecule is CCn1cnc(Cl)c1CC1(O)CCCNC1. The van der Waals surface area contributed by atoms with Crippen LogP contribution in [0.25, 0.3) is 0 Å². The van der Waals surface area contributed by atoms with Crippen molar-refractivity contribution < 1.29 is 5.11 Å². The lowest BCUT2D eigenvalue weighted by molar-refractivity contribution is 0.0154. The number of β-amino-alcohol motifs (C(OH)–C–C–N with tert-alkyl or cyclic N) is 1. The minimum absolute atomic E-state index is 0.515. The molecule has 1 aliphatic heterocycles. The van der Waals surface area contributed by atoms with Crippen LogP contribution in [0.2, 0.25) is 5.15 Å². The van der Waals surface area contributed by atoms with Gasteiger partial charge in [-0.15, -0.1) is 0 Å². The molecule has 90 valence electrons. The maximum Gasteiger partial charge on any atom is 0.150 e. The molecule has 0 saturated carbocycles. The molecule has 1 aliphatic rings. The monoisotopic (exact) mass is 243 g/mol. The third kappa shape index (κ3) is 2.39. The van der Waals surface area contributed by atoms with E-state index in [0.717, 1.165) is 31.6 Å². The number of hydrogen-bond donors (Lipinski definition) is 2. The van der Waals surface area contributed by atoms with Crippen LogP contribution in [0.3, 0.4) is 0 Å². The molecule has 1 fully saturated rings. The Bertz CT molecular complexity index is 358. The second-order valence-electron chi connectivity index (χ2n) is 4.45. The van der Waals surface area contributed by atoms with Gasteiger partial charge in [-0.25, -0.2) is 4.98 Å². The van der Waals surface area contributed by atoms with Crippen molar-refractivity contribution in [2.24, 2.45) is 0 Å². The number of aromatic nitrogens is 2. The van der Waals surface area contributed by atoms with E-state index in [1.54, 1.807) is 6.33 Å². The van der Waals surface area contributed by atoms with Crippen molar-refractivity contribution in [1.29, 1.82) is 0 Å². The van der Waals surface area contributed by atoms with Gasteiger partial charge in [0, 0.05) is 19.5 Å². The van der Waals surface area contributed by atoms with Gasteiger partial charge in [-0.1, -0.05) is 11.6 Å². The van der Waals surface area contributed by atoms with E-state index >= 15 is 0 Å². The second kappa shape index (κ2) is 4.73. The van der Waals surface area contributed by atoms with Crippen molar-refractivity contribution >= 4 is 11.6 Å². The highest BCUT2D eigenvalue weighted by Gasteiger charge is 2.31. The number of nitrogens with zero attached hydrogens (tertiary/aromatic N) is 2. The lowest BCUT2D eigenvalue weighted by atomic mass is 9.89. The van der Waals surface area contributed by atoms with Gasteiger partial charge >= 0.3 is 0 Å². The van der Waals surface area contributed by atoms with E-state index in [1.807, 2.05) is 11.5 Å². The van der Waals surface area contributed by atoms with Gasteiger partial charge < -0.3 is 15.0 Å². The van der Waals surface area contributed by atoms with Gasteiger partial charge in [0.05, 0.1) is 17.6 Å². The lowest BCUT2D eigenvalue weighted by Gasteiger charge is -2.32. The fourth-order valence-corrected chi connectivity index (χ4v) is 2.46. The number of nitrogens with one attached hydrogen (secondary N) is 1. The van der Waals surface area contributed by atoms with E-state index in [9.17, 15) is 5.11 Å². The quantitative estimate of drug-likeness (QED) is 0.839. The molecule has 4 nitrogen and oxygen atoms in total. The fourth-order valence-electron chi connectivity index (χ4n) is 2.24. The molecule has 1 saturated heterocycles. The van der Waals surface area contributed by atoms with Crippen molar-refractivity contribution in [1.82, 2.24) is 14.9 Å². The van der Waals surface area contributed by atoms with Gasteiger partial charge in [0.25, 0.3) is 0 Å². The Hall–Kier alpha value is -0.580. The Morgan fingerprint density at radius 3 is 3.12 bits per heavy atom. The molecule has 0 amide bonds. The topological polar surface area (TPSA) is 50.1 Å². The second-order valence-corrected chi connectivity index (χ2v) is 4.81. The number of rotatable bonds is 3. The number of aryl methyl sites for hydroxylation is 1. The molecule has 2 rings (SSSR count). The first-order valence-corrected chi connectivity index (χ1v) is 6.15. The average molecular weight is 244 g/mol. The molecule has 16 heavy (non-hydrogen) atoms. The predicted octanol–water partition coefficient (Wildman–Crippen LogP) is 1.21. The standard InChI is InChI=1S/C11H18ClN3O/c1-2-15-8-14-10(12)9(15)6-11(16)4-3-5-13-7-11/h8,13,16H,2-7H2,1H3. The summed E-state index contributed by atoms with van der Waals surface area (Å²) in [6.45, 7) is 4.50. The first kappa shape index (κ1) is 11.9. The molecule has 2 heterocycles. The molecule has 1 aromatic rings. The zero-order valence-corrected chi connectivity index (χ0v) is 10.3. The van der Waals surface area contributed by atoms with Crippen molar-refractivity contribution in [3.63, 3.8) is 0 Å². The fraction of sp³-hybridized carbons (Fsp3) is 0.727. The number of aliphatic hydroxyl groups is 1. The van der Waals surface area contributed by atoms with Crippen molar-refractivity contribution in [2.75, 3.05) is 13.1 Å². The van der Waals surface area contributed by atoms with Crippen LogP contribution in [-0.2, 0) is 13.0 Å². The van der Waals surface area contributed by atoms with Crippen LogP contribution in [0.1, 0.15) is 25.5 Å². The molecule has 1 unspecified atom stereocenters. The van der Waals surface area contributed by atoms with Gasteiger partial charge in [0.15, 0.2) is 0 Å². The van der Waals surface area contributed by atoms with Crippen molar-refractivity contribution in [2.45, 2.75) is 38.3 Å². The summed E-state index contributed by atoms with van der Waals surface area (Å²) in [5, 5.41) is 14.2. The van der Waals surface area contributed by atoms with E-state index in [1.165, 1.54) is 0 Å². The molecular formula is C11H18ClN3O. The van der Waals surface area contributed by atoms with Gasteiger partial charge in [-0.2, -0.15) is 0 Å². The normalized spacial score (nSPS) is 25.9. The molecule has 5 heteroatoms. The molecule has 1 atom stereocenters. The highest BCUT2D eigenvalue weighted by molar-refractivity contribution is 6.30. The molecule has 0 aliphatic carbocycles. The maximum atomic E-state index is 10.4. The largest absolute Gasteiger partial charge is 0.388 e. The van der Waals surface area contributed by atoms with Crippen molar-refractivity contribution in [3.8, 4) is 0 Å².